The topological polar surface area (TPSA) is 52.6 Å². The van der Waals surface area contributed by atoms with E-state index < -0.39 is 17.4 Å². The number of carbonyl (C=O) groups is 2. The maximum absolute atomic E-state index is 13.8. The molecular weight excluding hydrogens is 555 g/mol. The molecule has 0 aromatic heterocycles. The van der Waals surface area contributed by atoms with Gasteiger partial charge in [0.25, 0.3) is 0 Å². The van der Waals surface area contributed by atoms with Crippen molar-refractivity contribution in [2.75, 3.05) is 0 Å². The highest BCUT2D eigenvalue weighted by atomic mass is 35.5. The van der Waals surface area contributed by atoms with Crippen LogP contribution in [0.3, 0.4) is 0 Å². The first-order valence-electron chi connectivity index (χ1n) is 12.9. The molecule has 0 aliphatic heterocycles. The van der Waals surface area contributed by atoms with Gasteiger partial charge in [-0.25, -0.2) is 0 Å². The van der Waals surface area contributed by atoms with Gasteiger partial charge in [0.1, 0.15) is 13.2 Å². The zero-order chi connectivity index (χ0) is 28.9. The van der Waals surface area contributed by atoms with Gasteiger partial charge in [-0.2, -0.15) is 0 Å². The molecule has 0 aliphatic carbocycles. The molecule has 0 amide bonds. The Bertz CT molecular complexity index is 1450. The maximum atomic E-state index is 13.8. The number of hydrogen-bond donors (Lipinski definition) is 0. The Labute approximate surface area is 250 Å². The third-order valence-electron chi connectivity index (χ3n) is 6.14. The molecule has 0 spiro atoms. The fourth-order valence-corrected chi connectivity index (χ4v) is 4.07. The van der Waals surface area contributed by atoms with Gasteiger partial charge in [0, 0.05) is 34.0 Å². The van der Waals surface area contributed by atoms with Gasteiger partial charge in [0.15, 0.2) is 5.41 Å². The lowest BCUT2D eigenvalue weighted by molar-refractivity contribution is -0.173. The molecule has 4 rings (SSSR count). The van der Waals surface area contributed by atoms with Gasteiger partial charge < -0.3 is 9.47 Å². The second-order valence-corrected chi connectivity index (χ2v) is 10.0. The van der Waals surface area contributed by atoms with E-state index in [9.17, 15) is 9.59 Å². The summed E-state index contributed by atoms with van der Waals surface area (Å²) in [7, 11) is 0. The number of halogens is 2. The Kier molecular flexibility index (Phi) is 10.6. The summed E-state index contributed by atoms with van der Waals surface area (Å²) in [5.41, 5.74) is 1.15. The minimum absolute atomic E-state index is 0.0113. The van der Waals surface area contributed by atoms with E-state index in [1.165, 1.54) is 0 Å². The Morgan fingerprint density at radius 2 is 0.927 bits per heavy atom. The summed E-state index contributed by atoms with van der Waals surface area (Å²) in [5.74, 6) is 10.5. The van der Waals surface area contributed by atoms with E-state index in [2.05, 4.69) is 23.7 Å². The average Bonchev–Trinajstić information content (AvgIpc) is 3.01. The molecule has 0 heterocycles. The lowest BCUT2D eigenvalue weighted by Gasteiger charge is -2.26. The zero-order valence-corrected chi connectivity index (χ0v) is 23.6. The number of hydrogen-bond acceptors (Lipinski definition) is 4. The fraction of sp³-hybridized carbons (Fsp3) is 0.143. The van der Waals surface area contributed by atoms with Crippen LogP contribution in [0.25, 0.3) is 0 Å². The third-order valence-corrected chi connectivity index (χ3v) is 6.65. The van der Waals surface area contributed by atoms with Crippen LogP contribution < -0.4 is 0 Å². The van der Waals surface area contributed by atoms with E-state index in [4.69, 9.17) is 32.7 Å². The van der Waals surface area contributed by atoms with Crippen LogP contribution in [0, 0.1) is 29.1 Å². The monoisotopic (exact) mass is 580 g/mol. The predicted molar refractivity (Wildman–Crippen MR) is 161 cm³/mol. The molecule has 0 radical (unpaired) electrons. The van der Waals surface area contributed by atoms with Gasteiger partial charge in [0.2, 0.25) is 0 Å². The first kappa shape index (κ1) is 29.5. The summed E-state index contributed by atoms with van der Waals surface area (Å²) >= 11 is 12.0. The maximum Gasteiger partial charge on any atom is 0.325 e. The standard InChI is InChI=1S/C35H26Cl2O4/c36-31-19-15-27(16-20-31)13-7-23-35(24-8-14-28-17-21-32(37)22-18-28,33(38)40-25-29-9-3-1-4-10-29)34(39)41-26-30-11-5-2-6-12-30/h1-6,9-12,15-22H,23-26H2. The van der Waals surface area contributed by atoms with E-state index in [1.54, 1.807) is 48.5 Å². The van der Waals surface area contributed by atoms with Crippen LogP contribution in [0.1, 0.15) is 35.1 Å². The van der Waals surface area contributed by atoms with E-state index >= 15 is 0 Å². The molecule has 0 saturated heterocycles. The van der Waals surface area contributed by atoms with Crippen LogP contribution in [0.2, 0.25) is 10.0 Å². The van der Waals surface area contributed by atoms with Gasteiger partial charge in [0.05, 0.1) is 0 Å². The van der Waals surface area contributed by atoms with Crippen molar-refractivity contribution in [2.24, 2.45) is 5.41 Å². The van der Waals surface area contributed by atoms with E-state index in [-0.39, 0.29) is 26.1 Å². The molecule has 0 saturated carbocycles. The minimum atomic E-state index is -1.79. The third kappa shape index (κ3) is 8.75. The summed E-state index contributed by atoms with van der Waals surface area (Å²) in [6, 6.07) is 32.4. The van der Waals surface area contributed by atoms with Crippen molar-refractivity contribution in [1.29, 1.82) is 0 Å². The normalized spacial score (nSPS) is 10.4. The van der Waals surface area contributed by atoms with Crippen molar-refractivity contribution in [3.63, 3.8) is 0 Å². The number of benzene rings is 4. The lowest BCUT2D eigenvalue weighted by Crippen LogP contribution is -2.41. The van der Waals surface area contributed by atoms with Gasteiger partial charge in [-0.1, -0.05) is 108 Å². The molecule has 204 valence electrons. The highest BCUT2D eigenvalue weighted by Crippen LogP contribution is 2.31. The predicted octanol–water partition coefficient (Wildman–Crippen LogP) is 7.65. The Hall–Kier alpha value is -4.48. The van der Waals surface area contributed by atoms with Crippen molar-refractivity contribution in [3.8, 4) is 23.7 Å². The highest BCUT2D eigenvalue weighted by molar-refractivity contribution is 6.30. The van der Waals surface area contributed by atoms with Crippen LogP contribution in [0.4, 0.5) is 0 Å². The molecule has 6 heteroatoms. The Balaban J connectivity index is 1.67. The van der Waals surface area contributed by atoms with Gasteiger partial charge in [-0.05, 0) is 59.7 Å². The van der Waals surface area contributed by atoms with Gasteiger partial charge in [-0.15, -0.1) is 0 Å². The molecule has 4 nitrogen and oxygen atoms in total. The summed E-state index contributed by atoms with van der Waals surface area (Å²) in [4.78, 5) is 27.5. The molecule has 0 fully saturated rings. The summed E-state index contributed by atoms with van der Waals surface area (Å²) in [6.07, 6.45) is -0.321. The second kappa shape index (κ2) is 14.8. The van der Waals surface area contributed by atoms with Crippen LogP contribution in [-0.2, 0) is 32.3 Å². The van der Waals surface area contributed by atoms with Crippen LogP contribution in [-0.4, -0.2) is 11.9 Å². The highest BCUT2D eigenvalue weighted by Gasteiger charge is 2.48. The van der Waals surface area contributed by atoms with Crippen molar-refractivity contribution < 1.29 is 19.1 Å². The fourth-order valence-electron chi connectivity index (χ4n) is 3.82. The molecular formula is C35H26Cl2O4. The molecule has 41 heavy (non-hydrogen) atoms. The quantitative estimate of drug-likeness (QED) is 0.122. The van der Waals surface area contributed by atoms with E-state index in [1.807, 2.05) is 60.7 Å². The number of carbonyl (C=O) groups excluding carboxylic acids is 2. The Morgan fingerprint density at radius 1 is 0.561 bits per heavy atom. The van der Waals surface area contributed by atoms with Crippen molar-refractivity contribution in [1.82, 2.24) is 0 Å². The van der Waals surface area contributed by atoms with Crippen molar-refractivity contribution in [3.05, 3.63) is 141 Å². The largest absolute Gasteiger partial charge is 0.460 e. The molecule has 4 aromatic carbocycles. The molecule has 4 aromatic rings. The smallest absolute Gasteiger partial charge is 0.325 e. The van der Waals surface area contributed by atoms with Crippen LogP contribution in [0.15, 0.2) is 109 Å². The number of rotatable bonds is 8. The van der Waals surface area contributed by atoms with Crippen molar-refractivity contribution >= 4 is 35.1 Å². The average molecular weight is 581 g/mol. The lowest BCUT2D eigenvalue weighted by atomic mass is 9.81. The Morgan fingerprint density at radius 3 is 1.29 bits per heavy atom. The summed E-state index contributed by atoms with van der Waals surface area (Å²) < 4.78 is 11.4. The van der Waals surface area contributed by atoms with E-state index in [0.29, 0.717) is 21.2 Å². The minimum Gasteiger partial charge on any atom is -0.460 e. The summed E-state index contributed by atoms with van der Waals surface area (Å²) in [6.45, 7) is -0.0226. The molecule has 0 unspecified atom stereocenters. The number of esters is 2. The van der Waals surface area contributed by atoms with Crippen LogP contribution >= 0.6 is 23.2 Å². The summed E-state index contributed by atoms with van der Waals surface area (Å²) in [5, 5.41) is 1.16. The zero-order valence-electron chi connectivity index (χ0n) is 22.1. The van der Waals surface area contributed by atoms with Gasteiger partial charge in [-0.3, -0.25) is 9.59 Å². The molecule has 0 atom stereocenters. The molecule has 0 aliphatic rings. The van der Waals surface area contributed by atoms with Crippen molar-refractivity contribution in [2.45, 2.75) is 26.1 Å². The number of ether oxygens (including phenoxy) is 2. The van der Waals surface area contributed by atoms with Crippen LogP contribution in [0.5, 0.6) is 0 Å². The first-order chi connectivity index (χ1) is 19.9. The SMILES string of the molecule is O=C(OCc1ccccc1)C(CC#Cc1ccc(Cl)cc1)(CC#Cc1ccc(Cl)cc1)C(=O)OCc1ccccc1. The second-order valence-electron chi connectivity index (χ2n) is 9.18. The first-order valence-corrected chi connectivity index (χ1v) is 13.6. The van der Waals surface area contributed by atoms with E-state index in [0.717, 1.165) is 11.1 Å². The molecule has 0 bridgehead atoms. The molecule has 0 N–H and O–H groups in total. The van der Waals surface area contributed by atoms with Gasteiger partial charge >= 0.3 is 11.9 Å².